The number of carbonyl (C=O) groups excluding carboxylic acids is 1. The van der Waals surface area contributed by atoms with Crippen LogP contribution in [0.4, 0.5) is 13.2 Å². The Morgan fingerprint density at radius 1 is 1.27 bits per heavy atom. The lowest BCUT2D eigenvalue weighted by molar-refractivity contribution is -0.139. The summed E-state index contributed by atoms with van der Waals surface area (Å²) in [7, 11) is -4.37. The molecule has 37 heavy (non-hydrogen) atoms. The topological polar surface area (TPSA) is 114 Å². The van der Waals surface area contributed by atoms with Gasteiger partial charge in [-0.2, -0.15) is 23.5 Å². The molecule has 1 aromatic heterocycles. The maximum atomic E-state index is 14.1. The highest BCUT2D eigenvalue weighted by Crippen LogP contribution is 2.42. The summed E-state index contributed by atoms with van der Waals surface area (Å²) >= 11 is 0. The van der Waals surface area contributed by atoms with E-state index in [1.165, 1.54) is 12.3 Å². The number of aromatic nitrogens is 2. The highest BCUT2D eigenvalue weighted by molar-refractivity contribution is 7.92. The molecule has 5 rings (SSSR count). The third-order valence-electron chi connectivity index (χ3n) is 7.52. The lowest BCUT2D eigenvalue weighted by atomic mass is 9.89. The fourth-order valence-corrected chi connectivity index (χ4v) is 7.11. The van der Waals surface area contributed by atoms with E-state index in [4.69, 9.17) is 4.74 Å². The van der Waals surface area contributed by atoms with Crippen LogP contribution >= 0.6 is 0 Å². The predicted octanol–water partition coefficient (Wildman–Crippen LogP) is 3.72. The van der Waals surface area contributed by atoms with E-state index in [1.807, 2.05) is 13.0 Å². The molecular weight excluding hydrogens is 509 g/mol. The highest BCUT2D eigenvalue weighted by atomic mass is 32.2. The number of carbonyl (C=O) groups is 1. The summed E-state index contributed by atoms with van der Waals surface area (Å²) < 4.78 is 75.9. The molecule has 2 atom stereocenters. The summed E-state index contributed by atoms with van der Waals surface area (Å²) in [6.45, 7) is 3.74. The molecule has 1 aliphatic heterocycles. The van der Waals surface area contributed by atoms with Crippen molar-refractivity contribution in [3.63, 3.8) is 0 Å². The highest BCUT2D eigenvalue weighted by Gasteiger charge is 2.48. The van der Waals surface area contributed by atoms with Crippen LogP contribution in [-0.4, -0.2) is 48.1 Å². The van der Waals surface area contributed by atoms with Gasteiger partial charge < -0.3 is 10.1 Å². The smallest absolute Gasteiger partial charge is 0.380 e. The van der Waals surface area contributed by atoms with Gasteiger partial charge in [0.05, 0.1) is 47.7 Å². The van der Waals surface area contributed by atoms with E-state index in [-0.39, 0.29) is 30.2 Å². The number of sulfone groups is 1. The SMILES string of the molecule is CC1(Cn2cc(-c3ccc(S(=O)(=O)[C@@H]4CC[C@@H](C(=O)NC5(C#N)CC5)C4)c(C(F)(F)F)c3)cn2)COC1. The van der Waals surface area contributed by atoms with Gasteiger partial charge in [-0.1, -0.05) is 13.0 Å². The molecule has 2 aliphatic carbocycles. The van der Waals surface area contributed by atoms with Gasteiger partial charge in [-0.3, -0.25) is 9.48 Å². The first-order valence-corrected chi connectivity index (χ1v) is 13.7. The van der Waals surface area contributed by atoms with Crippen LogP contribution in [0.15, 0.2) is 35.5 Å². The number of ether oxygens (including phenoxy) is 1. The predicted molar refractivity (Wildman–Crippen MR) is 126 cm³/mol. The number of nitrogens with one attached hydrogen (secondary N) is 1. The summed E-state index contributed by atoms with van der Waals surface area (Å²) in [4.78, 5) is 11.8. The molecule has 3 fully saturated rings. The first-order valence-electron chi connectivity index (χ1n) is 12.1. The average Bonchev–Trinajstić information content (AvgIpc) is 3.21. The van der Waals surface area contributed by atoms with Gasteiger partial charge in [0, 0.05) is 23.1 Å². The largest absolute Gasteiger partial charge is 0.417 e. The van der Waals surface area contributed by atoms with Crippen molar-refractivity contribution in [2.75, 3.05) is 13.2 Å². The van der Waals surface area contributed by atoms with Crippen LogP contribution < -0.4 is 5.32 Å². The van der Waals surface area contributed by atoms with E-state index < -0.39 is 49.1 Å². The van der Waals surface area contributed by atoms with E-state index in [0.29, 0.717) is 38.2 Å². The summed E-state index contributed by atoms with van der Waals surface area (Å²) in [6.07, 6.45) is -0.485. The number of nitrogens with zero attached hydrogens (tertiary/aromatic N) is 3. The van der Waals surface area contributed by atoms with Crippen molar-refractivity contribution < 1.29 is 31.1 Å². The summed E-state index contributed by atoms with van der Waals surface area (Å²) in [5.41, 5.74) is -1.54. The first-order chi connectivity index (χ1) is 17.3. The lowest BCUT2D eigenvalue weighted by Crippen LogP contribution is -2.43. The van der Waals surface area contributed by atoms with Gasteiger partial charge in [-0.15, -0.1) is 0 Å². The Morgan fingerprint density at radius 2 is 2.00 bits per heavy atom. The van der Waals surface area contributed by atoms with Crippen molar-refractivity contribution >= 4 is 15.7 Å². The van der Waals surface area contributed by atoms with Crippen molar-refractivity contribution in [3.05, 3.63) is 36.2 Å². The number of rotatable bonds is 7. The van der Waals surface area contributed by atoms with E-state index >= 15 is 0 Å². The maximum Gasteiger partial charge on any atom is 0.417 e. The van der Waals surface area contributed by atoms with Gasteiger partial charge in [0.2, 0.25) is 5.91 Å². The third-order valence-corrected chi connectivity index (χ3v) is 9.80. The van der Waals surface area contributed by atoms with E-state index in [2.05, 4.69) is 10.4 Å². The second-order valence-electron chi connectivity index (χ2n) is 10.8. The molecule has 2 heterocycles. The molecule has 0 radical (unpaired) electrons. The zero-order valence-electron chi connectivity index (χ0n) is 20.2. The number of nitriles is 1. The number of alkyl halides is 3. The zero-order valence-corrected chi connectivity index (χ0v) is 21.0. The fourth-order valence-electron chi connectivity index (χ4n) is 5.08. The molecule has 1 N–H and O–H groups in total. The van der Waals surface area contributed by atoms with Gasteiger partial charge in [-0.05, 0) is 49.8 Å². The van der Waals surface area contributed by atoms with Crippen molar-refractivity contribution in [1.29, 1.82) is 5.26 Å². The van der Waals surface area contributed by atoms with Crippen molar-refractivity contribution in [3.8, 4) is 17.2 Å². The standard InChI is InChI=1S/C25H27F3N4O4S/c1-23(14-36-15-23)13-32-11-18(10-30-32)16-3-5-21(20(9-16)25(26,27)28)37(34,35)19-4-2-17(8-19)22(33)31-24(12-29)6-7-24/h3,5,9-11,17,19H,2,4,6-8,13-15H2,1H3,(H,31,33)/t17-,19-/m1/s1. The Kier molecular flexibility index (Phi) is 6.15. The van der Waals surface area contributed by atoms with Crippen LogP contribution in [0.5, 0.6) is 0 Å². The molecule has 1 amide bonds. The minimum Gasteiger partial charge on any atom is -0.380 e. The van der Waals surface area contributed by atoms with Crippen LogP contribution in [0, 0.1) is 22.7 Å². The Balaban J connectivity index is 1.37. The molecule has 8 nitrogen and oxygen atoms in total. The molecule has 12 heteroatoms. The summed E-state index contributed by atoms with van der Waals surface area (Å²) in [5, 5.41) is 15.0. The van der Waals surface area contributed by atoms with Crippen LogP contribution in [0.2, 0.25) is 0 Å². The molecule has 0 bridgehead atoms. The minimum atomic E-state index is -4.90. The van der Waals surface area contributed by atoms with Crippen LogP contribution in [-0.2, 0) is 32.1 Å². The molecule has 2 aromatic rings. The van der Waals surface area contributed by atoms with E-state index in [1.54, 1.807) is 10.9 Å². The van der Waals surface area contributed by atoms with Crippen LogP contribution in [0.25, 0.3) is 11.1 Å². The van der Waals surface area contributed by atoms with Gasteiger partial charge in [0.25, 0.3) is 0 Å². The Hall–Kier alpha value is -2.91. The van der Waals surface area contributed by atoms with Crippen molar-refractivity contribution in [2.24, 2.45) is 11.3 Å². The fraction of sp³-hybridized carbons (Fsp3) is 0.560. The Bertz CT molecular complexity index is 1370. The zero-order chi connectivity index (χ0) is 26.6. The monoisotopic (exact) mass is 536 g/mol. The first kappa shape index (κ1) is 25.7. The third kappa shape index (κ3) is 4.99. The lowest BCUT2D eigenvalue weighted by Gasteiger charge is -2.37. The molecule has 198 valence electrons. The minimum absolute atomic E-state index is 0.0777. The van der Waals surface area contributed by atoms with E-state index in [0.717, 1.165) is 12.1 Å². The average molecular weight is 537 g/mol. The molecule has 0 unspecified atom stereocenters. The maximum absolute atomic E-state index is 14.1. The molecule has 3 aliphatic rings. The van der Waals surface area contributed by atoms with Crippen LogP contribution in [0.1, 0.15) is 44.6 Å². The Morgan fingerprint density at radius 3 is 2.59 bits per heavy atom. The molecule has 1 saturated heterocycles. The molecule has 1 aromatic carbocycles. The normalized spacial score (nSPS) is 24.2. The Labute approximate surface area is 212 Å². The number of halogens is 3. The molecule has 0 spiro atoms. The molecular formula is C25H27F3N4O4S. The van der Waals surface area contributed by atoms with Gasteiger partial charge in [-0.25, -0.2) is 8.42 Å². The summed E-state index contributed by atoms with van der Waals surface area (Å²) in [6, 6.07) is 5.27. The number of amides is 1. The number of benzene rings is 1. The van der Waals surface area contributed by atoms with Crippen molar-refractivity contribution in [2.45, 2.75) is 67.4 Å². The summed E-state index contributed by atoms with van der Waals surface area (Å²) in [5.74, 6) is -1.07. The molecule has 2 saturated carbocycles. The number of hydrogen-bond acceptors (Lipinski definition) is 6. The second-order valence-corrected chi connectivity index (χ2v) is 13.0. The quantitative estimate of drug-likeness (QED) is 0.577. The number of hydrogen-bond donors (Lipinski definition) is 1. The van der Waals surface area contributed by atoms with Gasteiger partial charge in [0.15, 0.2) is 9.84 Å². The van der Waals surface area contributed by atoms with E-state index in [9.17, 15) is 31.6 Å². The van der Waals surface area contributed by atoms with Crippen molar-refractivity contribution in [1.82, 2.24) is 15.1 Å². The van der Waals surface area contributed by atoms with Crippen LogP contribution in [0.3, 0.4) is 0 Å². The van der Waals surface area contributed by atoms with Gasteiger partial charge in [0.1, 0.15) is 5.54 Å². The van der Waals surface area contributed by atoms with Gasteiger partial charge >= 0.3 is 6.18 Å². The second kappa shape index (κ2) is 8.84.